The summed E-state index contributed by atoms with van der Waals surface area (Å²) in [5.41, 5.74) is 1.40. The first kappa shape index (κ1) is 8.26. The van der Waals surface area contributed by atoms with Gasteiger partial charge in [0.15, 0.2) is 5.78 Å². The smallest absolute Gasteiger partial charge is 0.161 e. The van der Waals surface area contributed by atoms with Crippen molar-refractivity contribution in [1.82, 2.24) is 9.38 Å². The summed E-state index contributed by atoms with van der Waals surface area (Å²) in [6.45, 7) is 1.51. The van der Waals surface area contributed by atoms with Crippen LogP contribution in [0.25, 0.3) is 5.52 Å². The van der Waals surface area contributed by atoms with E-state index in [-0.39, 0.29) is 5.78 Å². The zero-order chi connectivity index (χ0) is 9.42. The lowest BCUT2D eigenvalue weighted by molar-refractivity contribution is 0.101. The highest BCUT2D eigenvalue weighted by Crippen LogP contribution is 2.18. The number of pyridine rings is 1. The molecule has 0 radical (unpaired) electrons. The van der Waals surface area contributed by atoms with Gasteiger partial charge in [-0.1, -0.05) is 11.6 Å². The Morgan fingerprint density at radius 1 is 1.62 bits per heavy atom. The van der Waals surface area contributed by atoms with E-state index in [0.717, 1.165) is 5.52 Å². The average molecular weight is 195 g/mol. The third kappa shape index (κ3) is 1.31. The Bertz CT molecular complexity index is 475. The largest absolute Gasteiger partial charge is 0.304 e. The van der Waals surface area contributed by atoms with Gasteiger partial charge in [-0.3, -0.25) is 4.79 Å². The molecule has 0 saturated heterocycles. The normalized spacial score (nSPS) is 10.6. The van der Waals surface area contributed by atoms with Crippen molar-refractivity contribution in [1.29, 1.82) is 0 Å². The summed E-state index contributed by atoms with van der Waals surface area (Å²) in [6, 6.07) is 1.65. The van der Waals surface area contributed by atoms with Crippen molar-refractivity contribution < 1.29 is 4.79 Å². The molecule has 0 aliphatic carbocycles. The topological polar surface area (TPSA) is 34.4 Å². The Hall–Kier alpha value is -1.35. The van der Waals surface area contributed by atoms with Crippen LogP contribution in [0.4, 0.5) is 0 Å². The second-order valence-corrected chi connectivity index (χ2v) is 3.23. The van der Waals surface area contributed by atoms with Crippen molar-refractivity contribution in [3.8, 4) is 0 Å². The van der Waals surface area contributed by atoms with E-state index in [1.807, 2.05) is 0 Å². The number of rotatable bonds is 1. The van der Waals surface area contributed by atoms with Gasteiger partial charge < -0.3 is 4.40 Å². The number of fused-ring (bicyclic) bond motifs is 1. The molecule has 0 unspecified atom stereocenters. The van der Waals surface area contributed by atoms with Crippen LogP contribution in [0.5, 0.6) is 0 Å². The standard InChI is InChI=1S/C9H7ClN2O/c1-6(13)7-2-8(10)9-3-11-5-12(9)4-7/h2-5H,1H3. The number of imidazole rings is 1. The molecule has 66 valence electrons. The van der Waals surface area contributed by atoms with Crippen molar-refractivity contribution in [3.05, 3.63) is 35.4 Å². The third-order valence-electron chi connectivity index (χ3n) is 1.88. The second-order valence-electron chi connectivity index (χ2n) is 2.82. The van der Waals surface area contributed by atoms with Gasteiger partial charge >= 0.3 is 0 Å². The maximum atomic E-state index is 11.1. The lowest BCUT2D eigenvalue weighted by Gasteiger charge is -1.99. The number of carbonyl (C=O) groups excluding carboxylic acids is 1. The number of hydrogen-bond acceptors (Lipinski definition) is 2. The molecule has 0 N–H and O–H groups in total. The molecule has 0 spiro atoms. The summed E-state index contributed by atoms with van der Waals surface area (Å²) in [6.07, 6.45) is 5.00. The Morgan fingerprint density at radius 3 is 3.08 bits per heavy atom. The minimum absolute atomic E-state index is 0.00231. The molecule has 13 heavy (non-hydrogen) atoms. The molecule has 2 aromatic rings. The van der Waals surface area contributed by atoms with E-state index in [1.54, 1.807) is 29.2 Å². The van der Waals surface area contributed by atoms with Crippen LogP contribution in [0.3, 0.4) is 0 Å². The molecule has 0 bridgehead atoms. The number of aromatic nitrogens is 2. The lowest BCUT2D eigenvalue weighted by atomic mass is 10.2. The molecule has 2 heterocycles. The molecule has 2 rings (SSSR count). The predicted octanol–water partition coefficient (Wildman–Crippen LogP) is 2.19. The Morgan fingerprint density at radius 2 is 2.38 bits per heavy atom. The Labute approximate surface area is 80.0 Å². The van der Waals surface area contributed by atoms with E-state index < -0.39 is 0 Å². The Kier molecular flexibility index (Phi) is 1.81. The lowest BCUT2D eigenvalue weighted by Crippen LogP contribution is -1.95. The number of hydrogen-bond donors (Lipinski definition) is 0. The molecule has 4 heteroatoms. The van der Waals surface area contributed by atoms with Gasteiger partial charge in [0, 0.05) is 11.8 Å². The summed E-state index contributed by atoms with van der Waals surface area (Å²) in [5, 5.41) is 0.546. The second kappa shape index (κ2) is 2.85. The monoisotopic (exact) mass is 194 g/mol. The van der Waals surface area contributed by atoms with Crippen molar-refractivity contribution in [2.45, 2.75) is 6.92 Å². The van der Waals surface area contributed by atoms with E-state index in [0.29, 0.717) is 10.6 Å². The van der Waals surface area contributed by atoms with Gasteiger partial charge in [-0.25, -0.2) is 4.98 Å². The molecular formula is C9H7ClN2O. The third-order valence-corrected chi connectivity index (χ3v) is 2.18. The van der Waals surface area contributed by atoms with Crippen LogP contribution in [0.2, 0.25) is 5.02 Å². The minimum Gasteiger partial charge on any atom is -0.304 e. The molecule has 2 aromatic heterocycles. The molecular weight excluding hydrogens is 188 g/mol. The molecule has 0 aliphatic heterocycles. The molecule has 3 nitrogen and oxygen atoms in total. The first-order valence-corrected chi connectivity index (χ1v) is 4.18. The number of halogens is 1. The Balaban J connectivity index is 2.77. The van der Waals surface area contributed by atoms with Gasteiger partial charge in [-0.2, -0.15) is 0 Å². The zero-order valence-electron chi connectivity index (χ0n) is 6.99. The predicted molar refractivity (Wildman–Crippen MR) is 50.2 cm³/mol. The van der Waals surface area contributed by atoms with Crippen LogP contribution in [-0.4, -0.2) is 15.2 Å². The van der Waals surface area contributed by atoms with Crippen LogP contribution >= 0.6 is 11.6 Å². The molecule has 0 fully saturated rings. The van der Waals surface area contributed by atoms with Crippen LogP contribution < -0.4 is 0 Å². The highest BCUT2D eigenvalue weighted by molar-refractivity contribution is 6.34. The quantitative estimate of drug-likeness (QED) is 0.653. The van der Waals surface area contributed by atoms with E-state index in [2.05, 4.69) is 4.98 Å². The van der Waals surface area contributed by atoms with Crippen LogP contribution in [0.15, 0.2) is 24.8 Å². The van der Waals surface area contributed by atoms with Crippen molar-refractivity contribution in [2.75, 3.05) is 0 Å². The van der Waals surface area contributed by atoms with Crippen molar-refractivity contribution in [2.24, 2.45) is 0 Å². The highest BCUT2D eigenvalue weighted by atomic mass is 35.5. The van der Waals surface area contributed by atoms with Gasteiger partial charge in [0.1, 0.15) is 0 Å². The molecule has 0 aromatic carbocycles. The number of nitrogens with zero attached hydrogens (tertiary/aromatic N) is 2. The van der Waals surface area contributed by atoms with Gasteiger partial charge in [0.25, 0.3) is 0 Å². The zero-order valence-corrected chi connectivity index (χ0v) is 7.75. The van der Waals surface area contributed by atoms with Gasteiger partial charge in [0.2, 0.25) is 0 Å². The summed E-state index contributed by atoms with van der Waals surface area (Å²) in [7, 11) is 0. The van der Waals surface area contributed by atoms with Crippen LogP contribution in [0, 0.1) is 0 Å². The fourth-order valence-electron chi connectivity index (χ4n) is 1.18. The average Bonchev–Trinajstić information content (AvgIpc) is 2.51. The van der Waals surface area contributed by atoms with E-state index in [9.17, 15) is 4.79 Å². The van der Waals surface area contributed by atoms with Crippen molar-refractivity contribution in [3.63, 3.8) is 0 Å². The summed E-state index contributed by atoms with van der Waals surface area (Å²) < 4.78 is 1.74. The number of ketones is 1. The van der Waals surface area contributed by atoms with Gasteiger partial charge in [-0.15, -0.1) is 0 Å². The van der Waals surface area contributed by atoms with Crippen molar-refractivity contribution >= 4 is 22.9 Å². The first-order chi connectivity index (χ1) is 6.18. The van der Waals surface area contributed by atoms with E-state index in [4.69, 9.17) is 11.6 Å². The maximum absolute atomic E-state index is 11.1. The van der Waals surface area contributed by atoms with Crippen LogP contribution in [-0.2, 0) is 0 Å². The van der Waals surface area contributed by atoms with Gasteiger partial charge in [0.05, 0.1) is 23.1 Å². The summed E-state index contributed by atoms with van der Waals surface area (Å²) >= 11 is 5.93. The summed E-state index contributed by atoms with van der Waals surface area (Å²) in [4.78, 5) is 15.0. The summed E-state index contributed by atoms with van der Waals surface area (Å²) in [5.74, 6) is -0.00231. The number of carbonyl (C=O) groups is 1. The molecule has 0 saturated carbocycles. The van der Waals surface area contributed by atoms with Gasteiger partial charge in [-0.05, 0) is 13.0 Å². The minimum atomic E-state index is -0.00231. The van der Waals surface area contributed by atoms with E-state index >= 15 is 0 Å². The SMILES string of the molecule is CC(=O)c1cc(Cl)c2cncn2c1. The fourth-order valence-corrected chi connectivity index (χ4v) is 1.45. The fraction of sp³-hybridized carbons (Fsp3) is 0.111. The molecule has 0 amide bonds. The molecule has 0 aliphatic rings. The maximum Gasteiger partial charge on any atom is 0.161 e. The first-order valence-electron chi connectivity index (χ1n) is 3.80. The van der Waals surface area contributed by atoms with E-state index in [1.165, 1.54) is 6.92 Å². The molecule has 0 atom stereocenters. The highest BCUT2D eigenvalue weighted by Gasteiger charge is 2.05. The number of Topliss-reactive ketones (excluding diaryl/α,β-unsaturated/α-hetero) is 1. The van der Waals surface area contributed by atoms with Crippen LogP contribution in [0.1, 0.15) is 17.3 Å².